The van der Waals surface area contributed by atoms with E-state index >= 15 is 0 Å². The molecule has 0 bridgehead atoms. The highest BCUT2D eigenvalue weighted by molar-refractivity contribution is 5.92. The van der Waals surface area contributed by atoms with Crippen LogP contribution in [0.15, 0.2) is 30.6 Å². The molecule has 0 aliphatic heterocycles. The average molecular weight is 499 g/mol. The lowest BCUT2D eigenvalue weighted by molar-refractivity contribution is -0.214. The predicted molar refractivity (Wildman–Crippen MR) is 117 cm³/mol. The molecular formula is C24H23F6N3O2. The molecule has 0 unspecified atom stereocenters. The SMILES string of the molecule is CNc1c[nH]c2cc(F)c(F)cc12.O=Cc1cnc(C2CC3(CC(OCC(F)(F)F)C3)C2)c(F)c1. The fourth-order valence-corrected chi connectivity index (χ4v) is 4.90. The Morgan fingerprint density at radius 1 is 1.11 bits per heavy atom. The van der Waals surface area contributed by atoms with Gasteiger partial charge in [-0.15, -0.1) is 0 Å². The van der Waals surface area contributed by atoms with Crippen molar-refractivity contribution in [3.05, 3.63) is 59.3 Å². The van der Waals surface area contributed by atoms with Crippen molar-refractivity contribution in [2.75, 3.05) is 19.0 Å². The first-order chi connectivity index (χ1) is 16.5. The number of carbonyl (C=O) groups is 1. The summed E-state index contributed by atoms with van der Waals surface area (Å²) in [6, 6.07) is 3.48. The molecule has 0 amide bonds. The molecule has 3 aromatic rings. The summed E-state index contributed by atoms with van der Waals surface area (Å²) >= 11 is 0. The van der Waals surface area contributed by atoms with E-state index in [2.05, 4.69) is 15.3 Å². The van der Waals surface area contributed by atoms with Crippen molar-refractivity contribution in [1.82, 2.24) is 9.97 Å². The number of rotatable bonds is 5. The highest BCUT2D eigenvalue weighted by atomic mass is 19.4. The van der Waals surface area contributed by atoms with Crippen LogP contribution in [0, 0.1) is 22.9 Å². The van der Waals surface area contributed by atoms with E-state index in [1.807, 2.05) is 0 Å². The maximum absolute atomic E-state index is 13.8. The molecule has 2 fully saturated rings. The van der Waals surface area contributed by atoms with Crippen molar-refractivity contribution < 1.29 is 35.9 Å². The zero-order chi connectivity index (χ0) is 25.4. The molecule has 1 aromatic carbocycles. The van der Waals surface area contributed by atoms with E-state index in [1.54, 1.807) is 13.2 Å². The van der Waals surface area contributed by atoms with Crippen LogP contribution in [0.5, 0.6) is 0 Å². The Labute approximate surface area is 196 Å². The molecular weight excluding hydrogens is 476 g/mol. The molecule has 11 heteroatoms. The number of fused-ring (bicyclic) bond motifs is 1. The monoisotopic (exact) mass is 499 g/mol. The Kier molecular flexibility index (Phi) is 6.81. The molecule has 2 aliphatic carbocycles. The number of carbonyl (C=O) groups excluding carboxylic acids is 1. The van der Waals surface area contributed by atoms with E-state index in [-0.39, 0.29) is 23.0 Å². The van der Waals surface area contributed by atoms with E-state index in [0.717, 1.165) is 17.8 Å². The number of halogens is 6. The molecule has 2 N–H and O–H groups in total. The molecule has 2 saturated carbocycles. The van der Waals surface area contributed by atoms with Crippen LogP contribution in [0.3, 0.4) is 0 Å². The smallest absolute Gasteiger partial charge is 0.386 e. The summed E-state index contributed by atoms with van der Waals surface area (Å²) < 4.78 is 80.4. The van der Waals surface area contributed by atoms with Crippen LogP contribution >= 0.6 is 0 Å². The third-order valence-electron chi connectivity index (χ3n) is 6.57. The number of alkyl halides is 3. The van der Waals surface area contributed by atoms with Crippen LogP contribution in [0.2, 0.25) is 0 Å². The number of hydrogen-bond acceptors (Lipinski definition) is 4. The van der Waals surface area contributed by atoms with Crippen molar-refractivity contribution in [2.45, 2.75) is 43.9 Å². The summed E-state index contributed by atoms with van der Waals surface area (Å²) in [5, 5.41) is 3.53. The number of hydrogen-bond donors (Lipinski definition) is 2. The number of aldehydes is 1. The van der Waals surface area contributed by atoms with Gasteiger partial charge in [0.15, 0.2) is 17.9 Å². The first-order valence-corrected chi connectivity index (χ1v) is 11.0. The van der Waals surface area contributed by atoms with Gasteiger partial charge < -0.3 is 15.0 Å². The van der Waals surface area contributed by atoms with Gasteiger partial charge in [0.1, 0.15) is 12.4 Å². The highest BCUT2D eigenvalue weighted by Crippen LogP contribution is 2.62. The second-order valence-electron chi connectivity index (χ2n) is 9.08. The lowest BCUT2D eigenvalue weighted by Crippen LogP contribution is -2.51. The van der Waals surface area contributed by atoms with Gasteiger partial charge in [0, 0.05) is 42.4 Å². The molecule has 5 rings (SSSR count). The summed E-state index contributed by atoms with van der Waals surface area (Å²) in [5.41, 5.74) is 1.87. The Hall–Kier alpha value is -3.08. The maximum Gasteiger partial charge on any atom is 0.411 e. The molecule has 5 nitrogen and oxygen atoms in total. The predicted octanol–water partition coefficient (Wildman–Crippen LogP) is 6.13. The Morgan fingerprint density at radius 2 is 1.80 bits per heavy atom. The van der Waals surface area contributed by atoms with Gasteiger partial charge in [-0.1, -0.05) is 0 Å². The number of aromatic nitrogens is 2. The molecule has 0 radical (unpaired) electrons. The lowest BCUT2D eigenvalue weighted by Gasteiger charge is -2.57. The van der Waals surface area contributed by atoms with Crippen LogP contribution in [0.4, 0.5) is 32.0 Å². The summed E-state index contributed by atoms with van der Waals surface area (Å²) in [4.78, 5) is 17.4. The fraction of sp³-hybridized carbons (Fsp3) is 0.417. The number of nitrogens with zero attached hydrogens (tertiary/aromatic N) is 1. The number of aromatic amines is 1. The van der Waals surface area contributed by atoms with E-state index in [9.17, 15) is 31.1 Å². The summed E-state index contributed by atoms with van der Waals surface area (Å²) in [7, 11) is 1.73. The largest absolute Gasteiger partial charge is 0.411 e. The quantitative estimate of drug-likeness (QED) is 0.328. The lowest BCUT2D eigenvalue weighted by atomic mass is 9.50. The number of ether oxygens (including phenoxy) is 1. The van der Waals surface area contributed by atoms with Gasteiger partial charge in [-0.05, 0) is 43.2 Å². The molecule has 2 aromatic heterocycles. The zero-order valence-electron chi connectivity index (χ0n) is 18.7. The minimum Gasteiger partial charge on any atom is -0.386 e. The Bertz CT molecular complexity index is 1210. The van der Waals surface area contributed by atoms with Crippen molar-refractivity contribution in [3.63, 3.8) is 0 Å². The maximum atomic E-state index is 13.8. The number of pyridine rings is 1. The van der Waals surface area contributed by atoms with E-state index in [4.69, 9.17) is 4.74 Å². The van der Waals surface area contributed by atoms with Crippen LogP contribution in [0.1, 0.15) is 47.7 Å². The van der Waals surface area contributed by atoms with E-state index in [1.165, 1.54) is 12.3 Å². The molecule has 188 valence electrons. The normalized spacial score (nSPS) is 23.3. The number of benzene rings is 1. The van der Waals surface area contributed by atoms with Crippen molar-refractivity contribution >= 4 is 22.9 Å². The molecule has 2 heterocycles. The average Bonchev–Trinajstić information content (AvgIpc) is 3.13. The first-order valence-electron chi connectivity index (χ1n) is 11.0. The molecule has 0 saturated heterocycles. The molecule has 35 heavy (non-hydrogen) atoms. The fourth-order valence-electron chi connectivity index (χ4n) is 4.90. The minimum absolute atomic E-state index is 0.0155. The van der Waals surface area contributed by atoms with Crippen LogP contribution < -0.4 is 5.32 Å². The Morgan fingerprint density at radius 3 is 2.40 bits per heavy atom. The highest BCUT2D eigenvalue weighted by Gasteiger charge is 2.54. The van der Waals surface area contributed by atoms with Crippen LogP contribution in [-0.4, -0.2) is 42.2 Å². The summed E-state index contributed by atoms with van der Waals surface area (Å²) in [6.45, 7) is -1.21. The number of anilines is 1. The van der Waals surface area contributed by atoms with Gasteiger partial charge in [-0.25, -0.2) is 13.2 Å². The number of H-pyrrole nitrogens is 1. The van der Waals surface area contributed by atoms with Gasteiger partial charge in [0.25, 0.3) is 0 Å². The van der Waals surface area contributed by atoms with Crippen molar-refractivity contribution in [1.29, 1.82) is 0 Å². The number of nitrogens with one attached hydrogen (secondary N) is 2. The summed E-state index contributed by atoms with van der Waals surface area (Å²) in [5.74, 6) is -2.18. The van der Waals surface area contributed by atoms with Crippen LogP contribution in [-0.2, 0) is 4.74 Å². The first kappa shape index (κ1) is 25.0. The molecule has 0 atom stereocenters. The molecule has 2 aliphatic rings. The van der Waals surface area contributed by atoms with Crippen molar-refractivity contribution in [3.8, 4) is 0 Å². The summed E-state index contributed by atoms with van der Waals surface area (Å²) in [6.07, 6.45) is 1.51. The Balaban J connectivity index is 0.000000189. The molecule has 1 spiro atoms. The van der Waals surface area contributed by atoms with Crippen molar-refractivity contribution in [2.24, 2.45) is 5.41 Å². The third-order valence-corrected chi connectivity index (χ3v) is 6.57. The third kappa shape index (κ3) is 5.44. The van der Waals surface area contributed by atoms with Gasteiger partial charge in [0.05, 0.1) is 23.0 Å². The minimum atomic E-state index is -4.29. The standard InChI is InChI=1S/C15H15F4NO2.C9H8F2N2/c16-12-1-9(7-21)6-20-13(12)10-2-14(3-10)4-11(5-14)22-8-15(17,18)19;1-12-9-4-13-8-3-7(11)6(10)2-5(8)9/h1,6-7,10-11H,2-5,8H2;2-4,12-13H,1H3. The van der Waals surface area contributed by atoms with Gasteiger partial charge in [0.2, 0.25) is 0 Å². The second kappa shape index (κ2) is 9.52. The van der Waals surface area contributed by atoms with E-state index in [0.29, 0.717) is 48.6 Å². The van der Waals surface area contributed by atoms with Gasteiger partial charge in [-0.3, -0.25) is 9.78 Å². The van der Waals surface area contributed by atoms with Crippen LogP contribution in [0.25, 0.3) is 10.9 Å². The van der Waals surface area contributed by atoms with Gasteiger partial charge >= 0.3 is 6.18 Å². The second-order valence-corrected chi connectivity index (χ2v) is 9.08. The zero-order valence-corrected chi connectivity index (χ0v) is 18.7. The van der Waals surface area contributed by atoms with E-state index < -0.39 is 30.2 Å². The topological polar surface area (TPSA) is 67.0 Å². The van der Waals surface area contributed by atoms with Gasteiger partial charge in [-0.2, -0.15) is 13.2 Å².